The van der Waals surface area contributed by atoms with Crippen molar-refractivity contribution in [1.82, 2.24) is 0 Å². The zero-order valence-corrected chi connectivity index (χ0v) is 12.0. The van der Waals surface area contributed by atoms with Gasteiger partial charge < -0.3 is 10.4 Å². The van der Waals surface area contributed by atoms with Crippen LogP contribution >= 0.6 is 11.8 Å². The van der Waals surface area contributed by atoms with E-state index in [-0.39, 0.29) is 22.7 Å². The molecule has 1 aromatic rings. The van der Waals surface area contributed by atoms with Crippen molar-refractivity contribution in [1.29, 1.82) is 0 Å². The molecule has 3 nitrogen and oxygen atoms in total. The Morgan fingerprint density at radius 3 is 2.67 bits per heavy atom. The number of benzene rings is 1. The van der Waals surface area contributed by atoms with Crippen molar-refractivity contribution in [2.75, 3.05) is 5.32 Å². The van der Waals surface area contributed by atoms with Gasteiger partial charge in [0.2, 0.25) is 0 Å². The molecule has 0 spiro atoms. The maximum absolute atomic E-state index is 12.5. The summed E-state index contributed by atoms with van der Waals surface area (Å²) in [6.07, 6.45) is 2.62. The van der Waals surface area contributed by atoms with Crippen molar-refractivity contribution in [2.45, 2.75) is 42.1 Å². The van der Waals surface area contributed by atoms with Gasteiger partial charge in [-0.3, -0.25) is 4.79 Å². The van der Waals surface area contributed by atoms with Gasteiger partial charge in [-0.15, -0.1) is 0 Å². The Morgan fingerprint density at radius 2 is 2.00 bits per heavy atom. The number of para-hydroxylation sites is 1. The van der Waals surface area contributed by atoms with Crippen LogP contribution in [0.5, 0.6) is 0 Å². The predicted octanol–water partition coefficient (Wildman–Crippen LogP) is 4.35. The molecule has 1 saturated carbocycles. The van der Waals surface area contributed by atoms with Gasteiger partial charge in [0.05, 0.1) is 5.92 Å². The second-order valence-corrected chi connectivity index (χ2v) is 6.19. The standard InChI is InChI=1S/C14H16F3NO2S/c15-14(16,17)21-12-7-2-1-6-11(12)18-10-5-3-4-9(8-10)13(19)20/h1-2,6-7,9-10,18H,3-5,8H2,(H,19,20). The van der Waals surface area contributed by atoms with Crippen LogP contribution in [0.2, 0.25) is 0 Å². The Kier molecular flexibility index (Phi) is 5.03. The van der Waals surface area contributed by atoms with E-state index >= 15 is 0 Å². The highest BCUT2D eigenvalue weighted by Gasteiger charge is 2.31. The Morgan fingerprint density at radius 1 is 1.29 bits per heavy atom. The molecule has 0 bridgehead atoms. The van der Waals surface area contributed by atoms with Crippen molar-refractivity contribution < 1.29 is 23.1 Å². The normalized spacial score (nSPS) is 22.8. The van der Waals surface area contributed by atoms with Crippen LogP contribution in [0.25, 0.3) is 0 Å². The number of nitrogens with one attached hydrogen (secondary N) is 1. The number of carboxylic acids is 1. The number of thioether (sulfide) groups is 1. The average Bonchev–Trinajstić information content (AvgIpc) is 2.40. The molecule has 0 radical (unpaired) electrons. The van der Waals surface area contributed by atoms with Crippen LogP contribution < -0.4 is 5.32 Å². The lowest BCUT2D eigenvalue weighted by Gasteiger charge is -2.29. The highest BCUT2D eigenvalue weighted by Crippen LogP contribution is 2.41. The molecule has 2 rings (SSSR count). The van der Waals surface area contributed by atoms with Crippen LogP contribution in [0.3, 0.4) is 0 Å². The van der Waals surface area contributed by atoms with Gasteiger partial charge in [-0.05, 0) is 43.2 Å². The first-order valence-corrected chi connectivity index (χ1v) is 7.51. The molecule has 116 valence electrons. The SMILES string of the molecule is O=C(O)C1CCCC(Nc2ccccc2SC(F)(F)F)C1. The minimum Gasteiger partial charge on any atom is -0.481 e. The van der Waals surface area contributed by atoms with Crippen LogP contribution in [0, 0.1) is 5.92 Å². The Labute approximate surface area is 124 Å². The van der Waals surface area contributed by atoms with Gasteiger partial charge in [-0.25, -0.2) is 0 Å². The topological polar surface area (TPSA) is 49.3 Å². The van der Waals surface area contributed by atoms with Gasteiger partial charge in [-0.2, -0.15) is 13.2 Å². The third-order valence-electron chi connectivity index (χ3n) is 3.50. The van der Waals surface area contributed by atoms with Crippen LogP contribution in [0.15, 0.2) is 29.2 Å². The van der Waals surface area contributed by atoms with Gasteiger partial charge in [0, 0.05) is 16.6 Å². The fourth-order valence-corrected chi connectivity index (χ4v) is 3.20. The highest BCUT2D eigenvalue weighted by molar-refractivity contribution is 8.00. The molecule has 7 heteroatoms. The maximum atomic E-state index is 12.5. The second-order valence-electron chi connectivity index (χ2n) is 5.09. The van der Waals surface area contributed by atoms with E-state index in [2.05, 4.69) is 5.32 Å². The number of rotatable bonds is 4. The lowest BCUT2D eigenvalue weighted by atomic mass is 9.85. The number of carbonyl (C=O) groups is 1. The summed E-state index contributed by atoms with van der Waals surface area (Å²) in [7, 11) is 0. The van der Waals surface area contributed by atoms with Crippen LogP contribution in [0.1, 0.15) is 25.7 Å². The first kappa shape index (κ1) is 16.0. The molecule has 21 heavy (non-hydrogen) atoms. The highest BCUT2D eigenvalue weighted by atomic mass is 32.2. The summed E-state index contributed by atoms with van der Waals surface area (Å²) in [6.45, 7) is 0. The van der Waals surface area contributed by atoms with Crippen molar-refractivity contribution in [2.24, 2.45) is 5.92 Å². The quantitative estimate of drug-likeness (QED) is 0.810. The second kappa shape index (κ2) is 6.60. The minimum atomic E-state index is -4.34. The number of aliphatic carboxylic acids is 1. The lowest BCUT2D eigenvalue weighted by molar-refractivity contribution is -0.142. The molecular formula is C14H16F3NO2S. The van der Waals surface area contributed by atoms with Crippen LogP contribution in [-0.4, -0.2) is 22.6 Å². The molecule has 1 aliphatic carbocycles. The zero-order valence-electron chi connectivity index (χ0n) is 11.2. The maximum Gasteiger partial charge on any atom is 0.446 e. The smallest absolute Gasteiger partial charge is 0.446 e. The van der Waals surface area contributed by atoms with E-state index in [1.165, 1.54) is 6.07 Å². The first-order chi connectivity index (χ1) is 9.85. The van der Waals surface area contributed by atoms with Gasteiger partial charge >= 0.3 is 11.5 Å². The molecular weight excluding hydrogens is 303 g/mol. The summed E-state index contributed by atoms with van der Waals surface area (Å²) in [5, 5.41) is 12.1. The van der Waals surface area contributed by atoms with Gasteiger partial charge in [0.1, 0.15) is 0 Å². The van der Waals surface area contributed by atoms with Gasteiger partial charge in [0.25, 0.3) is 0 Å². The summed E-state index contributed by atoms with van der Waals surface area (Å²) in [6, 6.07) is 6.13. The third kappa shape index (κ3) is 4.84. The van der Waals surface area contributed by atoms with E-state index in [0.717, 1.165) is 12.8 Å². The Balaban J connectivity index is 2.07. The van der Waals surface area contributed by atoms with Gasteiger partial charge in [0.15, 0.2) is 0 Å². The third-order valence-corrected chi connectivity index (χ3v) is 4.30. The van der Waals surface area contributed by atoms with Crippen LogP contribution in [-0.2, 0) is 4.79 Å². The van der Waals surface area contributed by atoms with Gasteiger partial charge in [-0.1, -0.05) is 18.6 Å². The molecule has 1 aromatic carbocycles. The number of carboxylic acid groups (broad SMARTS) is 1. The number of hydrogen-bond acceptors (Lipinski definition) is 3. The monoisotopic (exact) mass is 319 g/mol. The summed E-state index contributed by atoms with van der Waals surface area (Å²) in [5.41, 5.74) is -3.93. The molecule has 1 fully saturated rings. The fraction of sp³-hybridized carbons (Fsp3) is 0.500. The van der Waals surface area contributed by atoms with Crippen molar-refractivity contribution in [3.05, 3.63) is 24.3 Å². The van der Waals surface area contributed by atoms with E-state index < -0.39 is 17.4 Å². The number of alkyl halides is 3. The summed E-state index contributed by atoms with van der Waals surface area (Å²) in [5.74, 6) is -1.25. The summed E-state index contributed by atoms with van der Waals surface area (Å²) in [4.78, 5) is 11.1. The fourth-order valence-electron chi connectivity index (χ4n) is 2.56. The number of halogens is 3. The predicted molar refractivity (Wildman–Crippen MR) is 75.4 cm³/mol. The van der Waals surface area contributed by atoms with E-state index in [4.69, 9.17) is 5.11 Å². The van der Waals surface area contributed by atoms with E-state index in [1.807, 2.05) is 0 Å². The molecule has 0 amide bonds. The molecule has 0 saturated heterocycles. The van der Waals surface area contributed by atoms with Crippen molar-refractivity contribution in [3.8, 4) is 0 Å². The molecule has 2 atom stereocenters. The number of anilines is 1. The Bertz CT molecular complexity index is 507. The number of hydrogen-bond donors (Lipinski definition) is 2. The molecule has 1 aliphatic rings. The van der Waals surface area contributed by atoms with Crippen molar-refractivity contribution in [3.63, 3.8) is 0 Å². The molecule has 2 unspecified atom stereocenters. The van der Waals surface area contributed by atoms with E-state index in [1.54, 1.807) is 18.2 Å². The van der Waals surface area contributed by atoms with E-state index in [0.29, 0.717) is 18.5 Å². The van der Waals surface area contributed by atoms with Crippen molar-refractivity contribution >= 4 is 23.4 Å². The average molecular weight is 319 g/mol. The largest absolute Gasteiger partial charge is 0.481 e. The summed E-state index contributed by atoms with van der Waals surface area (Å²) >= 11 is -0.156. The molecule has 0 heterocycles. The van der Waals surface area contributed by atoms with Crippen LogP contribution in [0.4, 0.5) is 18.9 Å². The zero-order chi connectivity index (χ0) is 15.5. The Hall–Kier alpha value is -1.37. The molecule has 0 aromatic heterocycles. The summed E-state index contributed by atoms with van der Waals surface area (Å²) < 4.78 is 37.6. The molecule has 2 N–H and O–H groups in total. The van der Waals surface area contributed by atoms with E-state index in [9.17, 15) is 18.0 Å². The first-order valence-electron chi connectivity index (χ1n) is 6.69. The molecule has 0 aliphatic heterocycles. The lowest BCUT2D eigenvalue weighted by Crippen LogP contribution is -2.31. The minimum absolute atomic E-state index is 0.102.